The number of nitrogens with zero attached hydrogens (tertiary/aromatic N) is 2. The fraction of sp³-hybridized carbons (Fsp3) is 0.158. The molecule has 0 spiro atoms. The Hall–Kier alpha value is -2.49. The number of thiophene rings is 2. The van der Waals surface area contributed by atoms with E-state index in [4.69, 9.17) is 0 Å². The molecule has 6 nitrogen and oxygen atoms in total. The maximum atomic E-state index is 13.0. The van der Waals surface area contributed by atoms with Gasteiger partial charge in [0.15, 0.2) is 0 Å². The molecule has 0 fully saturated rings. The minimum Gasteiger partial charge on any atom is -0.284 e. The monoisotopic (exact) mass is 431 g/mol. The summed E-state index contributed by atoms with van der Waals surface area (Å²) in [5.74, 6) is -0.131. The summed E-state index contributed by atoms with van der Waals surface area (Å²) in [6.07, 6.45) is 1.68. The summed E-state index contributed by atoms with van der Waals surface area (Å²) >= 11 is 2.98. The average molecular weight is 432 g/mol. The van der Waals surface area contributed by atoms with Crippen LogP contribution in [0.5, 0.6) is 0 Å². The van der Waals surface area contributed by atoms with Crippen LogP contribution in [0.2, 0.25) is 0 Å². The Bertz CT molecular complexity index is 1120. The van der Waals surface area contributed by atoms with E-state index in [-0.39, 0.29) is 11.9 Å². The lowest BCUT2D eigenvalue weighted by atomic mass is 10.0. The number of hydrogen-bond acceptors (Lipinski definition) is 6. The van der Waals surface area contributed by atoms with Gasteiger partial charge in [-0.15, -0.1) is 22.7 Å². The third kappa shape index (κ3) is 4.01. The Morgan fingerprint density at radius 2 is 1.93 bits per heavy atom. The van der Waals surface area contributed by atoms with E-state index in [0.29, 0.717) is 17.0 Å². The van der Waals surface area contributed by atoms with Gasteiger partial charge in [-0.25, -0.2) is 13.4 Å². The van der Waals surface area contributed by atoms with Crippen molar-refractivity contribution in [2.45, 2.75) is 12.5 Å². The van der Waals surface area contributed by atoms with Gasteiger partial charge in [-0.1, -0.05) is 24.3 Å². The molecule has 1 N–H and O–H groups in total. The number of hydrogen-bond donors (Lipinski definition) is 1. The van der Waals surface area contributed by atoms with Gasteiger partial charge in [-0.3, -0.25) is 9.52 Å². The predicted molar refractivity (Wildman–Crippen MR) is 114 cm³/mol. The van der Waals surface area contributed by atoms with Crippen LogP contribution in [0, 0.1) is 0 Å². The molecule has 28 heavy (non-hydrogen) atoms. The van der Waals surface area contributed by atoms with Gasteiger partial charge in [-0.2, -0.15) is 5.10 Å². The highest BCUT2D eigenvalue weighted by Crippen LogP contribution is 2.36. The lowest BCUT2D eigenvalue weighted by molar-refractivity contribution is 0.0719. The summed E-state index contributed by atoms with van der Waals surface area (Å²) in [4.78, 5) is 14.7. The smallest absolute Gasteiger partial charge is 0.284 e. The normalized spacial score (nSPS) is 16.8. The van der Waals surface area contributed by atoms with E-state index in [0.717, 1.165) is 22.4 Å². The highest BCUT2D eigenvalue weighted by molar-refractivity contribution is 7.92. The highest BCUT2D eigenvalue weighted by atomic mass is 32.2. The molecule has 1 aliphatic heterocycles. The van der Waals surface area contributed by atoms with Crippen LogP contribution in [0.1, 0.15) is 32.6 Å². The summed E-state index contributed by atoms with van der Waals surface area (Å²) in [5.41, 5.74) is 2.01. The second kappa shape index (κ2) is 7.50. The molecule has 1 aliphatic rings. The van der Waals surface area contributed by atoms with Crippen molar-refractivity contribution in [2.24, 2.45) is 5.10 Å². The first kappa shape index (κ1) is 18.9. The zero-order valence-electron chi connectivity index (χ0n) is 14.9. The quantitative estimate of drug-likeness (QED) is 0.658. The minimum atomic E-state index is -3.37. The molecule has 4 rings (SSSR count). The number of nitrogens with one attached hydrogen (secondary N) is 1. The molecule has 144 valence electrons. The third-order valence-electron chi connectivity index (χ3n) is 4.22. The molecule has 1 aromatic carbocycles. The molecule has 9 heteroatoms. The number of benzene rings is 1. The Balaban J connectivity index is 1.69. The van der Waals surface area contributed by atoms with Gasteiger partial charge >= 0.3 is 0 Å². The number of rotatable bonds is 5. The molecule has 3 heterocycles. The maximum absolute atomic E-state index is 13.0. The van der Waals surface area contributed by atoms with Crippen molar-refractivity contribution < 1.29 is 13.2 Å². The van der Waals surface area contributed by atoms with E-state index in [9.17, 15) is 13.2 Å². The van der Waals surface area contributed by atoms with E-state index >= 15 is 0 Å². The second-order valence-corrected chi connectivity index (χ2v) is 10.0. The first-order valence-electron chi connectivity index (χ1n) is 8.47. The summed E-state index contributed by atoms with van der Waals surface area (Å²) < 4.78 is 25.5. The van der Waals surface area contributed by atoms with Crippen LogP contribution in [0.3, 0.4) is 0 Å². The lowest BCUT2D eigenvalue weighted by Gasteiger charge is -2.19. The van der Waals surface area contributed by atoms with Crippen LogP contribution in [-0.4, -0.2) is 31.3 Å². The molecule has 0 saturated carbocycles. The van der Waals surface area contributed by atoms with Gasteiger partial charge < -0.3 is 0 Å². The summed E-state index contributed by atoms with van der Waals surface area (Å²) in [5, 5.41) is 10.0. The number of carbonyl (C=O) groups excluding carboxylic acids is 1. The standard InChI is InChI=1S/C19H17N3O3S3/c1-28(24,25)21-14-6-2-5-13(11-14)15-12-16(17-7-3-9-26-17)22(20-15)19(23)18-8-4-10-27-18/h2-11,16,21H,12H2,1H3/t16-/m0/s1. The minimum absolute atomic E-state index is 0.131. The molecule has 1 amide bonds. The predicted octanol–water partition coefficient (Wildman–Crippen LogP) is 4.17. The number of carbonyl (C=O) groups is 1. The number of anilines is 1. The molecule has 2 aromatic heterocycles. The van der Waals surface area contributed by atoms with Gasteiger partial charge in [0.2, 0.25) is 10.0 Å². The zero-order valence-corrected chi connectivity index (χ0v) is 17.4. The maximum Gasteiger partial charge on any atom is 0.284 e. The van der Waals surface area contributed by atoms with Crippen molar-refractivity contribution >= 4 is 50.0 Å². The summed E-state index contributed by atoms with van der Waals surface area (Å²) in [6.45, 7) is 0. The molecule has 0 bridgehead atoms. The molecular formula is C19H17N3O3S3. The summed E-state index contributed by atoms with van der Waals surface area (Å²) in [6, 6.07) is 14.5. The van der Waals surface area contributed by atoms with Gasteiger partial charge in [0.1, 0.15) is 0 Å². The highest BCUT2D eigenvalue weighted by Gasteiger charge is 2.34. The van der Waals surface area contributed by atoms with Gasteiger partial charge in [0, 0.05) is 17.0 Å². The second-order valence-electron chi connectivity index (χ2n) is 6.36. The number of sulfonamides is 1. The van der Waals surface area contributed by atoms with Crippen LogP contribution in [0.25, 0.3) is 0 Å². The van der Waals surface area contributed by atoms with Crippen molar-refractivity contribution in [1.82, 2.24) is 5.01 Å². The average Bonchev–Trinajstić information content (AvgIpc) is 3.40. The zero-order chi connectivity index (χ0) is 19.7. The Morgan fingerprint density at radius 3 is 2.61 bits per heavy atom. The Labute approximate surface area is 171 Å². The fourth-order valence-corrected chi connectivity index (χ4v) is 5.09. The van der Waals surface area contributed by atoms with E-state index in [1.165, 1.54) is 11.3 Å². The largest absolute Gasteiger partial charge is 0.284 e. The first-order valence-corrected chi connectivity index (χ1v) is 12.1. The van der Waals surface area contributed by atoms with Crippen molar-refractivity contribution in [1.29, 1.82) is 0 Å². The van der Waals surface area contributed by atoms with Gasteiger partial charge in [-0.05, 0) is 40.6 Å². The van der Waals surface area contributed by atoms with Crippen LogP contribution in [0.4, 0.5) is 5.69 Å². The van der Waals surface area contributed by atoms with E-state index in [1.807, 2.05) is 35.0 Å². The van der Waals surface area contributed by atoms with Crippen molar-refractivity contribution in [3.05, 3.63) is 74.6 Å². The third-order valence-corrected chi connectivity index (χ3v) is 6.66. The van der Waals surface area contributed by atoms with E-state index in [1.54, 1.807) is 40.6 Å². The topological polar surface area (TPSA) is 78.8 Å². The van der Waals surface area contributed by atoms with Crippen molar-refractivity contribution in [3.63, 3.8) is 0 Å². The van der Waals surface area contributed by atoms with Crippen LogP contribution >= 0.6 is 22.7 Å². The number of hydrazone groups is 1. The Morgan fingerprint density at radius 1 is 1.14 bits per heavy atom. The SMILES string of the molecule is CS(=O)(=O)Nc1cccc(C2=NN(C(=O)c3cccs3)[C@H](c3cccs3)C2)c1. The van der Waals surface area contributed by atoms with E-state index < -0.39 is 10.0 Å². The molecule has 0 aliphatic carbocycles. The van der Waals surface area contributed by atoms with Crippen LogP contribution < -0.4 is 4.72 Å². The molecule has 0 radical (unpaired) electrons. The van der Waals surface area contributed by atoms with Crippen molar-refractivity contribution in [3.8, 4) is 0 Å². The Kier molecular flexibility index (Phi) is 5.05. The van der Waals surface area contributed by atoms with Crippen LogP contribution in [0.15, 0.2) is 64.4 Å². The molecule has 0 unspecified atom stereocenters. The fourth-order valence-electron chi connectivity index (χ4n) is 3.06. The van der Waals surface area contributed by atoms with Crippen LogP contribution in [-0.2, 0) is 10.0 Å². The lowest BCUT2D eigenvalue weighted by Crippen LogP contribution is -2.25. The van der Waals surface area contributed by atoms with Gasteiger partial charge in [0.05, 0.1) is 22.9 Å². The first-order chi connectivity index (χ1) is 13.4. The van der Waals surface area contributed by atoms with Crippen molar-refractivity contribution in [2.75, 3.05) is 11.0 Å². The molecule has 3 aromatic rings. The van der Waals surface area contributed by atoms with Gasteiger partial charge in [0.25, 0.3) is 5.91 Å². The molecule has 1 atom stereocenters. The molecular weight excluding hydrogens is 414 g/mol. The summed E-state index contributed by atoms with van der Waals surface area (Å²) in [7, 11) is -3.37. The molecule has 0 saturated heterocycles. The number of amides is 1. The van der Waals surface area contributed by atoms with E-state index in [2.05, 4.69) is 9.82 Å².